The zero-order chi connectivity index (χ0) is 13.8. The summed E-state index contributed by atoms with van der Waals surface area (Å²) in [6, 6.07) is 14.1. The van der Waals surface area contributed by atoms with Gasteiger partial charge in [0.1, 0.15) is 5.82 Å². The van der Waals surface area contributed by atoms with Crippen molar-refractivity contribution in [3.63, 3.8) is 0 Å². The lowest BCUT2D eigenvalue weighted by molar-refractivity contribution is 0.622. The van der Waals surface area contributed by atoms with Crippen molar-refractivity contribution in [2.75, 3.05) is 0 Å². The van der Waals surface area contributed by atoms with Gasteiger partial charge in [0.05, 0.1) is 16.6 Å². The molecular formula is C16H17FOS. The van der Waals surface area contributed by atoms with Gasteiger partial charge in [-0.1, -0.05) is 44.2 Å². The predicted molar refractivity (Wildman–Crippen MR) is 77.0 cm³/mol. The van der Waals surface area contributed by atoms with Crippen LogP contribution in [0.2, 0.25) is 0 Å². The molecular weight excluding hydrogens is 259 g/mol. The highest BCUT2D eigenvalue weighted by Crippen LogP contribution is 2.17. The third-order valence-electron chi connectivity index (χ3n) is 3.00. The quantitative estimate of drug-likeness (QED) is 0.815. The van der Waals surface area contributed by atoms with Crippen LogP contribution >= 0.6 is 0 Å². The van der Waals surface area contributed by atoms with E-state index in [1.807, 2.05) is 12.1 Å². The Labute approximate surface area is 115 Å². The van der Waals surface area contributed by atoms with Gasteiger partial charge in [-0.25, -0.2) is 4.39 Å². The zero-order valence-electron chi connectivity index (χ0n) is 11.1. The van der Waals surface area contributed by atoms with E-state index in [4.69, 9.17) is 0 Å². The largest absolute Gasteiger partial charge is 0.254 e. The van der Waals surface area contributed by atoms with Gasteiger partial charge in [-0.05, 0) is 35.2 Å². The lowest BCUT2D eigenvalue weighted by Gasteiger charge is -2.07. The van der Waals surface area contributed by atoms with E-state index in [-0.39, 0.29) is 5.82 Å². The first kappa shape index (κ1) is 13.9. The minimum Gasteiger partial charge on any atom is -0.254 e. The highest BCUT2D eigenvalue weighted by Gasteiger charge is 2.07. The Balaban J connectivity index is 2.10. The molecule has 0 aliphatic carbocycles. The monoisotopic (exact) mass is 276 g/mol. The van der Waals surface area contributed by atoms with Gasteiger partial charge in [0.2, 0.25) is 0 Å². The molecule has 0 amide bonds. The van der Waals surface area contributed by atoms with Crippen molar-refractivity contribution in [1.82, 2.24) is 0 Å². The Morgan fingerprint density at radius 2 is 1.79 bits per heavy atom. The third kappa shape index (κ3) is 3.74. The lowest BCUT2D eigenvalue weighted by Crippen LogP contribution is -1.97. The van der Waals surface area contributed by atoms with Gasteiger partial charge < -0.3 is 0 Å². The molecule has 0 aliphatic heterocycles. The second-order valence-corrected chi connectivity index (χ2v) is 6.29. The molecule has 0 saturated carbocycles. The van der Waals surface area contributed by atoms with Crippen molar-refractivity contribution in [1.29, 1.82) is 0 Å². The topological polar surface area (TPSA) is 17.1 Å². The van der Waals surface area contributed by atoms with Gasteiger partial charge in [-0.2, -0.15) is 0 Å². The first-order valence-electron chi connectivity index (χ1n) is 6.29. The molecule has 0 saturated heterocycles. The first-order chi connectivity index (χ1) is 9.06. The van der Waals surface area contributed by atoms with Crippen molar-refractivity contribution in [2.45, 2.75) is 30.4 Å². The van der Waals surface area contributed by atoms with Crippen LogP contribution in [0.25, 0.3) is 0 Å². The molecule has 1 unspecified atom stereocenters. The van der Waals surface area contributed by atoms with E-state index in [2.05, 4.69) is 26.0 Å². The molecule has 3 heteroatoms. The standard InChI is InChI=1S/C16H17FOS/c1-12(2)14-8-6-13(7-9-14)11-19(18)16-5-3-4-15(17)10-16/h3-10,12H,11H2,1-2H3. The second kappa shape index (κ2) is 6.11. The van der Waals surface area contributed by atoms with Crippen LogP contribution in [-0.4, -0.2) is 4.21 Å². The third-order valence-corrected chi connectivity index (χ3v) is 4.38. The number of halogens is 1. The van der Waals surface area contributed by atoms with Crippen LogP contribution in [0.3, 0.4) is 0 Å². The Hall–Kier alpha value is -1.48. The minimum absolute atomic E-state index is 0.346. The van der Waals surface area contributed by atoms with E-state index in [9.17, 15) is 8.60 Å². The van der Waals surface area contributed by atoms with Crippen LogP contribution in [0.15, 0.2) is 53.4 Å². The van der Waals surface area contributed by atoms with Gasteiger partial charge in [-0.15, -0.1) is 0 Å². The summed E-state index contributed by atoms with van der Waals surface area (Å²) in [7, 11) is -1.20. The number of rotatable bonds is 4. The molecule has 0 bridgehead atoms. The van der Waals surface area contributed by atoms with Gasteiger partial charge in [0, 0.05) is 4.90 Å². The van der Waals surface area contributed by atoms with Crippen LogP contribution in [-0.2, 0) is 16.6 Å². The summed E-state index contributed by atoms with van der Waals surface area (Å²) in [5, 5.41) is 0. The summed E-state index contributed by atoms with van der Waals surface area (Å²) in [6.07, 6.45) is 0. The van der Waals surface area contributed by atoms with E-state index >= 15 is 0 Å². The molecule has 0 aliphatic rings. The zero-order valence-corrected chi connectivity index (χ0v) is 11.9. The SMILES string of the molecule is CC(C)c1ccc(CS(=O)c2cccc(F)c2)cc1. The average molecular weight is 276 g/mol. The molecule has 0 aromatic heterocycles. The lowest BCUT2D eigenvalue weighted by atomic mass is 10.0. The fraction of sp³-hybridized carbons (Fsp3) is 0.250. The van der Waals surface area contributed by atoms with Crippen LogP contribution in [0, 0.1) is 5.82 Å². The molecule has 2 rings (SSSR count). The van der Waals surface area contributed by atoms with Crippen molar-refractivity contribution >= 4 is 10.8 Å². The van der Waals surface area contributed by atoms with Crippen molar-refractivity contribution in [2.24, 2.45) is 0 Å². The normalized spacial score (nSPS) is 12.6. The summed E-state index contributed by atoms with van der Waals surface area (Å²) < 4.78 is 25.2. The Morgan fingerprint density at radius 1 is 1.11 bits per heavy atom. The Kier molecular flexibility index (Phi) is 4.48. The smallest absolute Gasteiger partial charge is 0.124 e. The fourth-order valence-electron chi connectivity index (χ4n) is 1.84. The summed E-state index contributed by atoms with van der Waals surface area (Å²) in [5.74, 6) is 0.561. The molecule has 0 N–H and O–H groups in total. The number of benzene rings is 2. The maximum atomic E-state index is 13.1. The van der Waals surface area contributed by atoms with E-state index in [0.717, 1.165) is 5.56 Å². The molecule has 0 spiro atoms. The maximum Gasteiger partial charge on any atom is 0.124 e. The predicted octanol–water partition coefficient (Wildman–Crippen LogP) is 4.26. The van der Waals surface area contributed by atoms with Gasteiger partial charge in [0.25, 0.3) is 0 Å². The fourth-order valence-corrected chi connectivity index (χ4v) is 2.98. The molecule has 19 heavy (non-hydrogen) atoms. The van der Waals surface area contributed by atoms with Crippen molar-refractivity contribution in [3.8, 4) is 0 Å². The molecule has 1 atom stereocenters. The van der Waals surface area contributed by atoms with Crippen LogP contribution in [0.1, 0.15) is 30.9 Å². The minimum atomic E-state index is -1.20. The van der Waals surface area contributed by atoms with Crippen LogP contribution in [0.4, 0.5) is 4.39 Å². The summed E-state index contributed by atoms with van der Waals surface area (Å²) in [5.41, 5.74) is 2.27. The van der Waals surface area contributed by atoms with Gasteiger partial charge in [-0.3, -0.25) is 4.21 Å². The number of hydrogen-bond acceptors (Lipinski definition) is 1. The number of hydrogen-bond donors (Lipinski definition) is 0. The molecule has 0 fully saturated rings. The first-order valence-corrected chi connectivity index (χ1v) is 7.61. The van der Waals surface area contributed by atoms with E-state index < -0.39 is 10.8 Å². The summed E-state index contributed by atoms with van der Waals surface area (Å²) in [6.45, 7) is 4.28. The molecule has 100 valence electrons. The van der Waals surface area contributed by atoms with E-state index in [1.54, 1.807) is 12.1 Å². The molecule has 2 aromatic carbocycles. The van der Waals surface area contributed by atoms with Gasteiger partial charge in [0.15, 0.2) is 0 Å². The van der Waals surface area contributed by atoms with Crippen molar-refractivity contribution < 1.29 is 8.60 Å². The Morgan fingerprint density at radius 3 is 2.37 bits per heavy atom. The van der Waals surface area contributed by atoms with Gasteiger partial charge >= 0.3 is 0 Å². The summed E-state index contributed by atoms with van der Waals surface area (Å²) in [4.78, 5) is 0.535. The average Bonchev–Trinajstić information content (AvgIpc) is 2.39. The molecule has 0 heterocycles. The van der Waals surface area contributed by atoms with Crippen LogP contribution in [0.5, 0.6) is 0 Å². The Bertz CT molecular complexity index is 576. The molecule has 0 radical (unpaired) electrons. The van der Waals surface area contributed by atoms with Crippen LogP contribution < -0.4 is 0 Å². The summed E-state index contributed by atoms with van der Waals surface area (Å²) >= 11 is 0. The maximum absolute atomic E-state index is 13.1. The molecule has 1 nitrogen and oxygen atoms in total. The highest BCUT2D eigenvalue weighted by molar-refractivity contribution is 7.84. The van der Waals surface area contributed by atoms with Crippen molar-refractivity contribution in [3.05, 3.63) is 65.5 Å². The molecule has 2 aromatic rings. The second-order valence-electron chi connectivity index (χ2n) is 4.84. The van der Waals surface area contributed by atoms with E-state index in [0.29, 0.717) is 16.6 Å². The highest BCUT2D eigenvalue weighted by atomic mass is 32.2. The van der Waals surface area contributed by atoms with E-state index in [1.165, 1.54) is 17.7 Å².